The van der Waals surface area contributed by atoms with Gasteiger partial charge in [0.15, 0.2) is 5.75 Å². The summed E-state index contributed by atoms with van der Waals surface area (Å²) in [5.41, 5.74) is 0.595. The van der Waals surface area contributed by atoms with E-state index in [-0.39, 0.29) is 6.03 Å². The van der Waals surface area contributed by atoms with Crippen molar-refractivity contribution in [3.63, 3.8) is 0 Å². The summed E-state index contributed by atoms with van der Waals surface area (Å²) in [6.07, 6.45) is 4.49. The number of rotatable bonds is 5. The number of benzene rings is 1. The van der Waals surface area contributed by atoms with Crippen LogP contribution in [-0.2, 0) is 4.74 Å². The number of likely N-dealkylation sites (tertiary alicyclic amines) is 1. The molecule has 0 spiro atoms. The summed E-state index contributed by atoms with van der Waals surface area (Å²) < 4.78 is 10.6. The zero-order valence-electron chi connectivity index (χ0n) is 12.9. The standard InChI is InChI=1S/C16H23ClN2O3/c1-21-11-12-22-15-13(17)7-6-8-14(15)18-16(20)19-9-4-2-3-5-10-19/h6-8H,2-5,9-12H2,1H3,(H,18,20). The Hall–Kier alpha value is -1.46. The van der Waals surface area contributed by atoms with E-state index < -0.39 is 0 Å². The number of nitrogens with one attached hydrogen (secondary N) is 1. The van der Waals surface area contributed by atoms with Crippen LogP contribution in [0, 0.1) is 0 Å². The van der Waals surface area contributed by atoms with Crippen LogP contribution < -0.4 is 10.1 Å². The third kappa shape index (κ3) is 4.78. The first kappa shape index (κ1) is 16.9. The van der Waals surface area contributed by atoms with E-state index in [2.05, 4.69) is 5.32 Å². The number of carbonyl (C=O) groups is 1. The number of amides is 2. The largest absolute Gasteiger partial charge is 0.487 e. The van der Waals surface area contributed by atoms with Crippen LogP contribution in [0.4, 0.5) is 10.5 Å². The number of hydrogen-bond acceptors (Lipinski definition) is 3. The number of carbonyl (C=O) groups excluding carboxylic acids is 1. The van der Waals surface area contributed by atoms with Crippen molar-refractivity contribution in [3.05, 3.63) is 23.2 Å². The van der Waals surface area contributed by atoms with Crippen molar-refractivity contribution >= 4 is 23.3 Å². The van der Waals surface area contributed by atoms with E-state index in [4.69, 9.17) is 21.1 Å². The molecule has 1 aromatic rings. The van der Waals surface area contributed by atoms with Crippen LogP contribution in [-0.4, -0.2) is 44.3 Å². The Balaban J connectivity index is 2.04. The number of methoxy groups -OCH3 is 1. The molecule has 0 aromatic heterocycles. The van der Waals surface area contributed by atoms with Gasteiger partial charge in [0.2, 0.25) is 0 Å². The predicted molar refractivity (Wildman–Crippen MR) is 87.9 cm³/mol. The monoisotopic (exact) mass is 326 g/mol. The Kier molecular flexibility index (Phi) is 6.80. The molecule has 0 aliphatic carbocycles. The number of anilines is 1. The molecule has 1 fully saturated rings. The molecule has 1 heterocycles. The predicted octanol–water partition coefficient (Wildman–Crippen LogP) is 3.77. The highest BCUT2D eigenvalue weighted by molar-refractivity contribution is 6.32. The van der Waals surface area contributed by atoms with Crippen molar-refractivity contribution in [3.8, 4) is 5.75 Å². The number of halogens is 1. The summed E-state index contributed by atoms with van der Waals surface area (Å²) in [6, 6.07) is 5.24. The van der Waals surface area contributed by atoms with E-state index in [1.807, 2.05) is 4.90 Å². The van der Waals surface area contributed by atoms with Crippen LogP contribution in [0.1, 0.15) is 25.7 Å². The fourth-order valence-corrected chi connectivity index (χ4v) is 2.68. The molecule has 1 aliphatic heterocycles. The first-order chi connectivity index (χ1) is 10.7. The van der Waals surface area contributed by atoms with Gasteiger partial charge in [-0.2, -0.15) is 0 Å². The molecule has 1 saturated heterocycles. The van der Waals surface area contributed by atoms with Gasteiger partial charge in [-0.25, -0.2) is 4.79 Å². The van der Waals surface area contributed by atoms with E-state index in [0.29, 0.717) is 29.7 Å². The number of nitrogens with zero attached hydrogens (tertiary/aromatic N) is 1. The summed E-state index contributed by atoms with van der Waals surface area (Å²) in [5, 5.41) is 3.39. The molecule has 5 nitrogen and oxygen atoms in total. The van der Waals surface area contributed by atoms with Crippen molar-refractivity contribution in [2.75, 3.05) is 38.7 Å². The van der Waals surface area contributed by atoms with Crippen LogP contribution >= 0.6 is 11.6 Å². The van der Waals surface area contributed by atoms with E-state index in [0.717, 1.165) is 25.9 Å². The Labute approximate surface area is 136 Å². The topological polar surface area (TPSA) is 50.8 Å². The highest BCUT2D eigenvalue weighted by Gasteiger charge is 2.18. The first-order valence-electron chi connectivity index (χ1n) is 7.68. The third-order valence-corrected chi connectivity index (χ3v) is 3.93. The lowest BCUT2D eigenvalue weighted by Crippen LogP contribution is -2.35. The zero-order chi connectivity index (χ0) is 15.8. The van der Waals surface area contributed by atoms with E-state index in [1.165, 1.54) is 12.8 Å². The van der Waals surface area contributed by atoms with Gasteiger partial charge < -0.3 is 19.7 Å². The number of para-hydroxylation sites is 1. The Morgan fingerprint density at radius 3 is 2.64 bits per heavy atom. The van der Waals surface area contributed by atoms with Crippen molar-refractivity contribution in [2.45, 2.75) is 25.7 Å². The second-order valence-corrected chi connectivity index (χ2v) is 5.70. The lowest BCUT2D eigenvalue weighted by Gasteiger charge is -2.22. The molecule has 2 amide bonds. The van der Waals surface area contributed by atoms with Crippen LogP contribution in [0.25, 0.3) is 0 Å². The van der Waals surface area contributed by atoms with Crippen molar-refractivity contribution in [1.29, 1.82) is 0 Å². The molecule has 1 aromatic carbocycles. The fourth-order valence-electron chi connectivity index (χ4n) is 2.45. The minimum atomic E-state index is -0.0965. The summed E-state index contributed by atoms with van der Waals surface area (Å²) in [7, 11) is 1.61. The molecule has 0 radical (unpaired) electrons. The van der Waals surface area contributed by atoms with Crippen LogP contribution in [0.3, 0.4) is 0 Å². The SMILES string of the molecule is COCCOc1c(Cl)cccc1NC(=O)N1CCCCCC1. The fraction of sp³-hybridized carbons (Fsp3) is 0.562. The molecular formula is C16H23ClN2O3. The molecule has 1 N–H and O–H groups in total. The normalized spacial score (nSPS) is 15.3. The van der Waals surface area contributed by atoms with Crippen LogP contribution in [0.2, 0.25) is 5.02 Å². The minimum absolute atomic E-state index is 0.0965. The van der Waals surface area contributed by atoms with E-state index in [1.54, 1.807) is 25.3 Å². The maximum Gasteiger partial charge on any atom is 0.321 e. The van der Waals surface area contributed by atoms with Crippen molar-refractivity contribution in [1.82, 2.24) is 4.90 Å². The summed E-state index contributed by atoms with van der Waals surface area (Å²) >= 11 is 6.17. The minimum Gasteiger partial charge on any atom is -0.487 e. The molecule has 122 valence electrons. The van der Waals surface area contributed by atoms with Crippen molar-refractivity contribution in [2.24, 2.45) is 0 Å². The quantitative estimate of drug-likeness (QED) is 0.838. The molecule has 6 heteroatoms. The van der Waals surface area contributed by atoms with Gasteiger partial charge in [0.25, 0.3) is 0 Å². The van der Waals surface area contributed by atoms with Gasteiger partial charge >= 0.3 is 6.03 Å². The van der Waals surface area contributed by atoms with E-state index >= 15 is 0 Å². The first-order valence-corrected chi connectivity index (χ1v) is 8.06. The smallest absolute Gasteiger partial charge is 0.321 e. The van der Waals surface area contributed by atoms with Crippen LogP contribution in [0.5, 0.6) is 5.75 Å². The summed E-state index contributed by atoms with van der Waals surface area (Å²) in [6.45, 7) is 2.44. The number of hydrogen-bond donors (Lipinski definition) is 1. The maximum atomic E-state index is 12.4. The van der Waals surface area contributed by atoms with Gasteiger partial charge in [-0.3, -0.25) is 0 Å². The third-order valence-electron chi connectivity index (χ3n) is 3.64. The number of urea groups is 1. The Morgan fingerprint density at radius 2 is 1.95 bits per heavy atom. The van der Waals surface area contributed by atoms with Gasteiger partial charge in [-0.1, -0.05) is 30.5 Å². The second-order valence-electron chi connectivity index (χ2n) is 5.29. The molecule has 0 unspecified atom stereocenters. The lowest BCUT2D eigenvalue weighted by molar-refractivity contribution is 0.146. The zero-order valence-corrected chi connectivity index (χ0v) is 13.7. The maximum absolute atomic E-state index is 12.4. The Bertz CT molecular complexity index is 488. The van der Waals surface area contributed by atoms with Crippen molar-refractivity contribution < 1.29 is 14.3 Å². The van der Waals surface area contributed by atoms with Gasteiger partial charge in [-0.15, -0.1) is 0 Å². The lowest BCUT2D eigenvalue weighted by atomic mass is 10.2. The highest BCUT2D eigenvalue weighted by atomic mass is 35.5. The second kappa shape index (κ2) is 8.86. The van der Waals surface area contributed by atoms with Gasteiger partial charge in [0.1, 0.15) is 6.61 Å². The summed E-state index contributed by atoms with van der Waals surface area (Å²) in [4.78, 5) is 14.3. The Morgan fingerprint density at radius 1 is 1.23 bits per heavy atom. The molecule has 1 aliphatic rings. The van der Waals surface area contributed by atoms with Gasteiger partial charge in [0.05, 0.1) is 17.3 Å². The summed E-state index contributed by atoms with van der Waals surface area (Å²) in [5.74, 6) is 0.490. The molecule has 2 rings (SSSR count). The highest BCUT2D eigenvalue weighted by Crippen LogP contribution is 2.33. The van der Waals surface area contributed by atoms with E-state index in [9.17, 15) is 4.79 Å². The van der Waals surface area contributed by atoms with Gasteiger partial charge in [0, 0.05) is 20.2 Å². The average molecular weight is 327 g/mol. The molecule has 0 bridgehead atoms. The molecule has 0 atom stereocenters. The van der Waals surface area contributed by atoms with Gasteiger partial charge in [-0.05, 0) is 25.0 Å². The molecular weight excluding hydrogens is 304 g/mol. The van der Waals surface area contributed by atoms with Crippen LogP contribution in [0.15, 0.2) is 18.2 Å². The number of ether oxygens (including phenoxy) is 2. The molecule has 22 heavy (non-hydrogen) atoms. The average Bonchev–Trinajstić information content (AvgIpc) is 2.79. The molecule has 0 saturated carbocycles.